The Bertz CT molecular complexity index is 1810. The van der Waals surface area contributed by atoms with Crippen LogP contribution in [0.4, 0.5) is 21.0 Å². The van der Waals surface area contributed by atoms with Crippen molar-refractivity contribution < 1.29 is 33.4 Å². The van der Waals surface area contributed by atoms with Crippen molar-refractivity contribution in [1.82, 2.24) is 10.7 Å². The number of para-hydroxylation sites is 1. The number of anilines is 2. The summed E-state index contributed by atoms with van der Waals surface area (Å²) in [7, 11) is 0. The van der Waals surface area contributed by atoms with Gasteiger partial charge in [0.1, 0.15) is 18.8 Å². The van der Waals surface area contributed by atoms with Crippen LogP contribution < -0.4 is 26.7 Å². The lowest BCUT2D eigenvalue weighted by Crippen LogP contribution is -2.49. The summed E-state index contributed by atoms with van der Waals surface area (Å²) in [5, 5.41) is 9.49. The van der Waals surface area contributed by atoms with Gasteiger partial charge in [0.2, 0.25) is 5.91 Å². The minimum atomic E-state index is -1.25. The second-order valence-corrected chi connectivity index (χ2v) is 12.6. The number of carbonyl (C=O) groups excluding carboxylic acids is 5. The summed E-state index contributed by atoms with van der Waals surface area (Å²) in [5.74, 6) is -1.94. The molecule has 0 fully saturated rings. The van der Waals surface area contributed by atoms with E-state index in [0.717, 1.165) is 6.21 Å². The molecule has 5 amide bonds. The number of nitrogens with zero attached hydrogens (tertiary/aromatic N) is 3. The van der Waals surface area contributed by atoms with Crippen molar-refractivity contribution in [3.63, 3.8) is 0 Å². The Balaban J connectivity index is 1.62. The molecular formula is C35H38ClN7O7. The first kappa shape index (κ1) is 37.1. The van der Waals surface area contributed by atoms with Crippen molar-refractivity contribution in [2.75, 3.05) is 23.4 Å². The molecule has 262 valence electrons. The van der Waals surface area contributed by atoms with Gasteiger partial charge in [0.25, 0.3) is 5.91 Å². The molecule has 5 N–H and O–H groups in total. The SMILES string of the molecule is Cc1cc(Cl)ccc1NC(=O)OC[C@H]1N=C(c2ccccc2)c2ccccc2N(CC(=O)N[C@H](/C=N\NC(N)=O)CC(=O)OC(C)(C)C)C1=O. The van der Waals surface area contributed by atoms with Gasteiger partial charge in [-0.05, 0) is 57.5 Å². The molecule has 0 spiro atoms. The van der Waals surface area contributed by atoms with Crippen LogP contribution in [0.3, 0.4) is 0 Å². The number of halogens is 1. The van der Waals surface area contributed by atoms with Crippen molar-refractivity contribution >= 4 is 64.8 Å². The van der Waals surface area contributed by atoms with E-state index in [1.165, 1.54) is 4.90 Å². The first-order valence-corrected chi connectivity index (χ1v) is 15.9. The number of amides is 5. The minimum Gasteiger partial charge on any atom is -0.460 e. The molecule has 0 radical (unpaired) electrons. The van der Waals surface area contributed by atoms with Crippen molar-refractivity contribution in [3.05, 3.63) is 94.5 Å². The fourth-order valence-corrected chi connectivity index (χ4v) is 5.17. The topological polar surface area (TPSA) is 194 Å². The summed E-state index contributed by atoms with van der Waals surface area (Å²) in [6.07, 6.45) is -0.0317. The molecule has 0 bridgehead atoms. The number of nitrogens with two attached hydrogens (primary N) is 1. The van der Waals surface area contributed by atoms with Crippen LogP contribution in [0.1, 0.15) is 43.9 Å². The maximum Gasteiger partial charge on any atom is 0.411 e. The number of nitrogens with one attached hydrogen (secondary N) is 3. The molecule has 3 aromatic rings. The number of primary amides is 1. The third-order valence-corrected chi connectivity index (χ3v) is 7.25. The van der Waals surface area contributed by atoms with E-state index >= 15 is 0 Å². The summed E-state index contributed by atoms with van der Waals surface area (Å²) in [6, 6.07) is 17.8. The van der Waals surface area contributed by atoms with Gasteiger partial charge in [-0.2, -0.15) is 5.10 Å². The number of urea groups is 1. The van der Waals surface area contributed by atoms with E-state index in [-0.39, 0.29) is 6.42 Å². The van der Waals surface area contributed by atoms with E-state index < -0.39 is 60.7 Å². The monoisotopic (exact) mass is 703 g/mol. The van der Waals surface area contributed by atoms with Crippen LogP contribution >= 0.6 is 11.6 Å². The Morgan fingerprint density at radius 2 is 1.76 bits per heavy atom. The van der Waals surface area contributed by atoms with Crippen molar-refractivity contribution in [3.8, 4) is 0 Å². The number of ether oxygens (including phenoxy) is 2. The largest absolute Gasteiger partial charge is 0.460 e. The molecule has 0 aliphatic carbocycles. The summed E-state index contributed by atoms with van der Waals surface area (Å²) in [6.45, 7) is 5.88. The van der Waals surface area contributed by atoms with Gasteiger partial charge in [0.05, 0.1) is 23.9 Å². The van der Waals surface area contributed by atoms with Gasteiger partial charge < -0.3 is 25.4 Å². The quantitative estimate of drug-likeness (QED) is 0.130. The van der Waals surface area contributed by atoms with Crippen LogP contribution in [0.5, 0.6) is 0 Å². The van der Waals surface area contributed by atoms with Gasteiger partial charge in [-0.3, -0.25) is 24.7 Å². The van der Waals surface area contributed by atoms with Gasteiger partial charge in [0, 0.05) is 28.1 Å². The van der Waals surface area contributed by atoms with E-state index in [4.69, 9.17) is 31.8 Å². The highest BCUT2D eigenvalue weighted by molar-refractivity contribution is 6.30. The number of benzodiazepines with no additional fused rings is 1. The average Bonchev–Trinajstić information content (AvgIpc) is 3.15. The molecule has 15 heteroatoms. The first-order chi connectivity index (χ1) is 23.7. The predicted octanol–water partition coefficient (Wildman–Crippen LogP) is 4.32. The smallest absolute Gasteiger partial charge is 0.411 e. The molecule has 4 rings (SSSR count). The average molecular weight is 704 g/mol. The number of hydrazone groups is 1. The molecule has 0 unspecified atom stereocenters. The van der Waals surface area contributed by atoms with Gasteiger partial charge in [-0.15, -0.1) is 0 Å². The molecule has 1 aliphatic rings. The highest BCUT2D eigenvalue weighted by Crippen LogP contribution is 2.29. The molecule has 0 aromatic heterocycles. The molecular weight excluding hydrogens is 666 g/mol. The zero-order valence-corrected chi connectivity index (χ0v) is 28.7. The maximum atomic E-state index is 14.2. The number of aliphatic imine (C=N–C) groups is 1. The van der Waals surface area contributed by atoms with Crippen LogP contribution in [-0.2, 0) is 23.9 Å². The number of fused-ring (bicyclic) bond motifs is 1. The zero-order valence-electron chi connectivity index (χ0n) is 27.9. The van der Waals surface area contributed by atoms with E-state index in [2.05, 4.69) is 15.7 Å². The molecule has 3 aromatic carbocycles. The third-order valence-electron chi connectivity index (χ3n) is 7.01. The molecule has 50 heavy (non-hydrogen) atoms. The van der Waals surface area contributed by atoms with Crippen LogP contribution in [-0.4, -0.2) is 72.7 Å². The van der Waals surface area contributed by atoms with Crippen LogP contribution in [0.15, 0.2) is 82.9 Å². The normalized spacial score (nSPS) is 14.9. The lowest BCUT2D eigenvalue weighted by Gasteiger charge is -2.26. The molecule has 0 saturated carbocycles. The summed E-state index contributed by atoms with van der Waals surface area (Å²) >= 11 is 6.03. The molecule has 1 heterocycles. The number of rotatable bonds is 11. The molecule has 14 nitrogen and oxygen atoms in total. The molecule has 1 aliphatic heterocycles. The van der Waals surface area contributed by atoms with Gasteiger partial charge in [-0.1, -0.05) is 60.1 Å². The lowest BCUT2D eigenvalue weighted by atomic mass is 10.0. The summed E-state index contributed by atoms with van der Waals surface area (Å²) in [4.78, 5) is 70.4. The zero-order chi connectivity index (χ0) is 36.4. The van der Waals surface area contributed by atoms with Gasteiger partial charge >= 0.3 is 18.1 Å². The Morgan fingerprint density at radius 3 is 2.44 bits per heavy atom. The number of benzene rings is 3. The molecule has 2 atom stereocenters. The fourth-order valence-electron chi connectivity index (χ4n) is 4.94. The summed E-state index contributed by atoms with van der Waals surface area (Å²) < 4.78 is 10.9. The van der Waals surface area contributed by atoms with Crippen LogP contribution in [0.25, 0.3) is 0 Å². The van der Waals surface area contributed by atoms with Crippen molar-refractivity contribution in [2.24, 2.45) is 15.8 Å². The number of carbonyl (C=O) groups is 5. The first-order valence-electron chi connectivity index (χ1n) is 15.5. The van der Waals surface area contributed by atoms with E-state index in [1.807, 2.05) is 35.8 Å². The highest BCUT2D eigenvalue weighted by Gasteiger charge is 2.34. The molecule has 0 saturated heterocycles. The fraction of sp³-hybridized carbons (Fsp3) is 0.286. The lowest BCUT2D eigenvalue weighted by molar-refractivity contribution is -0.155. The Morgan fingerprint density at radius 1 is 1.06 bits per heavy atom. The second-order valence-electron chi connectivity index (χ2n) is 12.2. The third kappa shape index (κ3) is 10.6. The predicted molar refractivity (Wildman–Crippen MR) is 189 cm³/mol. The van der Waals surface area contributed by atoms with E-state index in [0.29, 0.717) is 38.8 Å². The number of hydrogen-bond donors (Lipinski definition) is 4. The number of aryl methyl sites for hydroxylation is 1. The van der Waals surface area contributed by atoms with Gasteiger partial charge in [-0.25, -0.2) is 15.0 Å². The van der Waals surface area contributed by atoms with Crippen molar-refractivity contribution in [2.45, 2.75) is 51.8 Å². The maximum absolute atomic E-state index is 14.2. The second kappa shape index (κ2) is 16.6. The van der Waals surface area contributed by atoms with E-state index in [1.54, 1.807) is 70.2 Å². The highest BCUT2D eigenvalue weighted by atomic mass is 35.5. The van der Waals surface area contributed by atoms with Gasteiger partial charge in [0.15, 0.2) is 6.04 Å². The van der Waals surface area contributed by atoms with Crippen LogP contribution in [0, 0.1) is 6.92 Å². The number of hydrogen-bond acceptors (Lipinski definition) is 9. The Hall–Kier alpha value is -5.76. The Labute approximate surface area is 294 Å². The van der Waals surface area contributed by atoms with E-state index in [9.17, 15) is 24.0 Å². The standard InChI is InChI=1S/C35H38ClN7O7/c1-21-16-23(36)14-15-26(21)41-34(48)49-20-27-32(46)43(28-13-9-8-12-25(28)31(40-27)22-10-6-5-7-11-22)19-29(44)39-24(18-38-42-33(37)47)17-30(45)50-35(2,3)4/h5-16,18,24,27H,17,19-20H2,1-4H3,(H,39,44)(H,41,48)(H3,37,42,47)/b38-18-/t24-,27+/m0/s1. The summed E-state index contributed by atoms with van der Waals surface area (Å²) in [5.41, 5.74) is 9.58. The van der Waals surface area contributed by atoms with Crippen LogP contribution in [0.2, 0.25) is 5.02 Å². The number of esters is 1. The minimum absolute atomic E-state index is 0.336. The van der Waals surface area contributed by atoms with Crippen molar-refractivity contribution in [1.29, 1.82) is 0 Å². The Kier molecular flexibility index (Phi) is 12.3.